The van der Waals surface area contributed by atoms with Crippen LogP contribution in [0.5, 0.6) is 5.75 Å². The van der Waals surface area contributed by atoms with Crippen LogP contribution in [0.15, 0.2) is 36.0 Å². The third kappa shape index (κ3) is 3.85. The second-order valence-electron chi connectivity index (χ2n) is 4.81. The normalized spacial score (nSPS) is 14.6. The molecule has 0 spiro atoms. The van der Waals surface area contributed by atoms with Gasteiger partial charge < -0.3 is 10.2 Å². The smallest absolute Gasteiger partial charge is 0.241 e. The fraction of sp³-hybridized carbons (Fsp3) is 0.333. The molecule has 1 fully saturated rings. The van der Waals surface area contributed by atoms with E-state index in [4.69, 9.17) is 4.74 Å². The monoisotopic (exact) mass is 274 g/mol. The van der Waals surface area contributed by atoms with E-state index in [1.807, 2.05) is 0 Å². The van der Waals surface area contributed by atoms with Crippen molar-refractivity contribution in [1.29, 1.82) is 0 Å². The molecule has 2 N–H and O–H groups in total. The highest BCUT2D eigenvalue weighted by molar-refractivity contribution is 6.04. The Labute approximate surface area is 118 Å². The minimum Gasteiger partial charge on any atom is -0.497 e. The lowest BCUT2D eigenvalue weighted by atomic mass is 10.1. The van der Waals surface area contributed by atoms with E-state index in [-0.39, 0.29) is 17.6 Å². The van der Waals surface area contributed by atoms with Crippen molar-refractivity contribution in [3.05, 3.63) is 41.6 Å². The molecule has 106 valence electrons. The first kappa shape index (κ1) is 14.1. The second kappa shape index (κ2) is 6.23. The van der Waals surface area contributed by atoms with Gasteiger partial charge in [-0.25, -0.2) is 0 Å². The topological polar surface area (TPSA) is 67.4 Å². The molecule has 1 aromatic rings. The molecule has 0 aromatic heterocycles. The molecule has 5 heteroatoms. The number of ketones is 1. The Morgan fingerprint density at radius 1 is 1.20 bits per heavy atom. The van der Waals surface area contributed by atoms with Crippen molar-refractivity contribution in [3.63, 3.8) is 0 Å². The van der Waals surface area contributed by atoms with Crippen molar-refractivity contribution in [2.24, 2.45) is 5.92 Å². The zero-order valence-electron chi connectivity index (χ0n) is 11.6. The zero-order chi connectivity index (χ0) is 14.5. The van der Waals surface area contributed by atoms with Gasteiger partial charge in [-0.1, -0.05) is 0 Å². The van der Waals surface area contributed by atoms with Gasteiger partial charge in [0.15, 0.2) is 5.78 Å². The fourth-order valence-corrected chi connectivity index (χ4v) is 1.68. The maximum atomic E-state index is 12.0. The molecule has 2 rings (SSSR count). The Morgan fingerprint density at radius 2 is 1.85 bits per heavy atom. The zero-order valence-corrected chi connectivity index (χ0v) is 11.6. The fourth-order valence-electron chi connectivity index (χ4n) is 1.68. The second-order valence-corrected chi connectivity index (χ2v) is 4.81. The number of benzene rings is 1. The Bertz CT molecular complexity index is 531. The Hall–Kier alpha value is -2.30. The van der Waals surface area contributed by atoms with Gasteiger partial charge in [0.1, 0.15) is 5.75 Å². The van der Waals surface area contributed by atoms with Gasteiger partial charge in [0, 0.05) is 23.3 Å². The third-order valence-corrected chi connectivity index (χ3v) is 3.05. The van der Waals surface area contributed by atoms with Gasteiger partial charge in [-0.2, -0.15) is 0 Å². The van der Waals surface area contributed by atoms with Crippen molar-refractivity contribution < 1.29 is 14.3 Å². The molecule has 0 unspecified atom stereocenters. The average molecular weight is 274 g/mol. The molecule has 1 aromatic carbocycles. The summed E-state index contributed by atoms with van der Waals surface area (Å²) in [5, 5.41) is 0. The van der Waals surface area contributed by atoms with Crippen LogP contribution in [0.1, 0.15) is 30.1 Å². The van der Waals surface area contributed by atoms with Crippen LogP contribution in [0, 0.1) is 5.92 Å². The molecule has 0 bridgehead atoms. The molecule has 0 atom stereocenters. The van der Waals surface area contributed by atoms with Gasteiger partial charge in [0.05, 0.1) is 7.11 Å². The maximum absolute atomic E-state index is 12.0. The molecule has 0 radical (unpaired) electrons. The van der Waals surface area contributed by atoms with Gasteiger partial charge in [0.2, 0.25) is 5.91 Å². The summed E-state index contributed by atoms with van der Waals surface area (Å²) in [6, 6.07) is 6.87. The first-order valence-electron chi connectivity index (χ1n) is 6.52. The predicted molar refractivity (Wildman–Crippen MR) is 75.1 cm³/mol. The number of ether oxygens (including phenoxy) is 1. The van der Waals surface area contributed by atoms with Crippen LogP contribution >= 0.6 is 0 Å². The molecular weight excluding hydrogens is 256 g/mol. The predicted octanol–water partition coefficient (Wildman–Crippen LogP) is 1.81. The number of carbonyl (C=O) groups is 2. The van der Waals surface area contributed by atoms with Gasteiger partial charge >= 0.3 is 0 Å². The lowest BCUT2D eigenvalue weighted by Gasteiger charge is -2.08. The number of carbonyl (C=O) groups excluding carboxylic acids is 2. The summed E-state index contributed by atoms with van der Waals surface area (Å²) in [6.45, 7) is 1.73. The van der Waals surface area contributed by atoms with E-state index in [0.717, 1.165) is 12.8 Å². The highest BCUT2D eigenvalue weighted by Crippen LogP contribution is 2.28. The third-order valence-electron chi connectivity index (χ3n) is 3.05. The van der Waals surface area contributed by atoms with Crippen molar-refractivity contribution >= 4 is 11.7 Å². The minimum atomic E-state index is -0.127. The molecule has 20 heavy (non-hydrogen) atoms. The van der Waals surface area contributed by atoms with Crippen molar-refractivity contribution in [1.82, 2.24) is 10.9 Å². The van der Waals surface area contributed by atoms with E-state index in [1.54, 1.807) is 38.3 Å². The lowest BCUT2D eigenvalue weighted by molar-refractivity contribution is -0.123. The van der Waals surface area contributed by atoms with E-state index in [9.17, 15) is 9.59 Å². The first-order valence-corrected chi connectivity index (χ1v) is 6.52. The lowest BCUT2D eigenvalue weighted by Crippen LogP contribution is -2.37. The van der Waals surface area contributed by atoms with Gasteiger partial charge in [-0.3, -0.25) is 15.0 Å². The Balaban J connectivity index is 1.90. The van der Waals surface area contributed by atoms with Crippen molar-refractivity contribution in [3.8, 4) is 5.75 Å². The summed E-state index contributed by atoms with van der Waals surface area (Å²) < 4.78 is 5.04. The highest BCUT2D eigenvalue weighted by Gasteiger charge is 2.29. The summed E-state index contributed by atoms with van der Waals surface area (Å²) in [5.74, 6) is 0.692. The average Bonchev–Trinajstić information content (AvgIpc) is 3.29. The molecule has 1 saturated carbocycles. The van der Waals surface area contributed by atoms with Gasteiger partial charge in [0.25, 0.3) is 0 Å². The van der Waals surface area contributed by atoms with Crippen LogP contribution in [-0.4, -0.2) is 18.8 Å². The van der Waals surface area contributed by atoms with Gasteiger partial charge in [-0.05, 0) is 44.0 Å². The summed E-state index contributed by atoms with van der Waals surface area (Å²) in [5.41, 5.74) is 6.50. The van der Waals surface area contributed by atoms with E-state index in [0.29, 0.717) is 17.0 Å². The number of rotatable bonds is 6. The van der Waals surface area contributed by atoms with E-state index in [2.05, 4.69) is 10.9 Å². The van der Waals surface area contributed by atoms with Crippen LogP contribution in [-0.2, 0) is 4.79 Å². The maximum Gasteiger partial charge on any atom is 0.241 e. The van der Waals surface area contributed by atoms with Crippen molar-refractivity contribution in [2.45, 2.75) is 19.8 Å². The Morgan fingerprint density at radius 3 is 2.40 bits per heavy atom. The number of hydrazine groups is 1. The van der Waals surface area contributed by atoms with Gasteiger partial charge in [-0.15, -0.1) is 0 Å². The highest BCUT2D eigenvalue weighted by atomic mass is 16.5. The van der Waals surface area contributed by atoms with Crippen LogP contribution < -0.4 is 15.6 Å². The summed E-state index contributed by atoms with van der Waals surface area (Å²) >= 11 is 0. The number of methoxy groups -OCH3 is 1. The molecule has 1 aliphatic rings. The first-order chi connectivity index (χ1) is 9.60. The standard InChI is InChI=1S/C15H18N2O3/c1-10(16-17-15(19)12-3-4-12)9-14(18)11-5-7-13(20-2)8-6-11/h5-9,12,16H,3-4H2,1-2H3,(H,17,19)/b10-9-. The van der Waals surface area contributed by atoms with Crippen LogP contribution in [0.25, 0.3) is 0 Å². The minimum absolute atomic E-state index is 0.0188. The van der Waals surface area contributed by atoms with E-state index < -0.39 is 0 Å². The quantitative estimate of drug-likeness (QED) is 0.471. The van der Waals surface area contributed by atoms with Crippen molar-refractivity contribution in [2.75, 3.05) is 7.11 Å². The molecule has 0 aliphatic heterocycles. The number of hydrogen-bond donors (Lipinski definition) is 2. The van der Waals surface area contributed by atoms with Crippen LogP contribution in [0.2, 0.25) is 0 Å². The summed E-state index contributed by atoms with van der Waals surface area (Å²) in [4.78, 5) is 23.4. The van der Waals surface area contributed by atoms with E-state index in [1.165, 1.54) is 6.08 Å². The Kier molecular flexibility index (Phi) is 4.40. The van der Waals surface area contributed by atoms with Crippen LogP contribution in [0.4, 0.5) is 0 Å². The van der Waals surface area contributed by atoms with E-state index >= 15 is 0 Å². The summed E-state index contributed by atoms with van der Waals surface area (Å²) in [7, 11) is 1.58. The number of hydrogen-bond acceptors (Lipinski definition) is 4. The van der Waals surface area contributed by atoms with Crippen LogP contribution in [0.3, 0.4) is 0 Å². The SMILES string of the molecule is COc1ccc(C(=O)/C=C(/C)NNC(=O)C2CC2)cc1. The molecular formula is C15H18N2O3. The number of allylic oxidation sites excluding steroid dienone is 2. The number of amides is 1. The largest absolute Gasteiger partial charge is 0.497 e. The molecule has 0 heterocycles. The summed E-state index contributed by atoms with van der Waals surface area (Å²) in [6.07, 6.45) is 3.34. The molecule has 1 aliphatic carbocycles. The number of nitrogens with one attached hydrogen (secondary N) is 2. The molecule has 1 amide bonds. The molecule has 0 saturated heterocycles. The molecule has 5 nitrogen and oxygen atoms in total.